The number of aromatic hydroxyl groups is 1. The first-order valence-corrected chi connectivity index (χ1v) is 6.18. The van der Waals surface area contributed by atoms with Crippen LogP contribution in [-0.2, 0) is 11.3 Å². The smallest absolute Gasteiger partial charge is 0.342 e. The van der Waals surface area contributed by atoms with Crippen LogP contribution in [0.2, 0.25) is 0 Å². The Morgan fingerprint density at radius 3 is 2.67 bits per heavy atom. The van der Waals surface area contributed by atoms with Crippen LogP contribution >= 0.6 is 0 Å². The zero-order valence-electron chi connectivity index (χ0n) is 11.3. The lowest BCUT2D eigenvalue weighted by molar-refractivity contribution is -0.385. The molecule has 0 radical (unpaired) electrons. The highest BCUT2D eigenvalue weighted by molar-refractivity contribution is 5.92. The third-order valence-electron chi connectivity index (χ3n) is 3.00. The van der Waals surface area contributed by atoms with Crippen molar-refractivity contribution in [3.05, 3.63) is 69.3 Å². The van der Waals surface area contributed by atoms with Gasteiger partial charge in [-0.05, 0) is 24.6 Å². The number of hydrogen-bond acceptors (Lipinski definition) is 5. The molecular weight excluding hydrogens is 274 g/mol. The molecule has 2 aromatic rings. The summed E-state index contributed by atoms with van der Waals surface area (Å²) in [6, 6.07) is 10.7. The van der Waals surface area contributed by atoms with Crippen LogP contribution in [-0.4, -0.2) is 16.0 Å². The number of ether oxygens (including phenoxy) is 1. The molecule has 6 heteroatoms. The average molecular weight is 287 g/mol. The largest absolute Gasteiger partial charge is 0.507 e. The molecule has 6 nitrogen and oxygen atoms in total. The number of carbonyl (C=O) groups excluding carboxylic acids is 1. The zero-order valence-corrected chi connectivity index (χ0v) is 11.3. The van der Waals surface area contributed by atoms with Gasteiger partial charge in [-0.25, -0.2) is 4.79 Å². The van der Waals surface area contributed by atoms with Gasteiger partial charge in [-0.2, -0.15) is 0 Å². The van der Waals surface area contributed by atoms with Gasteiger partial charge in [-0.15, -0.1) is 0 Å². The van der Waals surface area contributed by atoms with Gasteiger partial charge in [-0.3, -0.25) is 10.1 Å². The summed E-state index contributed by atoms with van der Waals surface area (Å²) < 4.78 is 5.04. The van der Waals surface area contributed by atoms with Crippen molar-refractivity contribution in [1.82, 2.24) is 0 Å². The zero-order chi connectivity index (χ0) is 15.4. The normalized spacial score (nSPS) is 10.1. The Kier molecular flexibility index (Phi) is 4.18. The Morgan fingerprint density at radius 1 is 1.24 bits per heavy atom. The Morgan fingerprint density at radius 2 is 1.95 bits per heavy atom. The highest BCUT2D eigenvalue weighted by atomic mass is 16.6. The number of nitrogens with zero attached hydrogens (tertiary/aromatic N) is 1. The third kappa shape index (κ3) is 3.17. The van der Waals surface area contributed by atoms with E-state index in [4.69, 9.17) is 4.74 Å². The van der Waals surface area contributed by atoms with Gasteiger partial charge in [0.2, 0.25) is 0 Å². The highest BCUT2D eigenvalue weighted by Gasteiger charge is 2.17. The van der Waals surface area contributed by atoms with E-state index >= 15 is 0 Å². The van der Waals surface area contributed by atoms with Crippen LogP contribution < -0.4 is 0 Å². The number of para-hydroxylation sites is 2. The monoisotopic (exact) mass is 287 g/mol. The van der Waals surface area contributed by atoms with E-state index in [0.29, 0.717) is 11.1 Å². The molecule has 2 aromatic carbocycles. The molecule has 0 saturated carbocycles. The van der Waals surface area contributed by atoms with E-state index in [2.05, 4.69) is 0 Å². The number of nitro groups is 1. The fourth-order valence-electron chi connectivity index (χ4n) is 1.86. The Balaban J connectivity index is 2.15. The standard InChI is InChI=1S/C15H13NO5/c1-10-5-4-7-12(14(10)17)15(18)21-9-11-6-2-3-8-13(11)16(19)20/h2-8,17H,9H2,1H3. The predicted molar refractivity (Wildman–Crippen MR) is 75.1 cm³/mol. The van der Waals surface area contributed by atoms with E-state index in [1.54, 1.807) is 25.1 Å². The molecule has 0 spiro atoms. The minimum Gasteiger partial charge on any atom is -0.507 e. The van der Waals surface area contributed by atoms with E-state index in [9.17, 15) is 20.0 Å². The molecule has 0 saturated heterocycles. The van der Waals surface area contributed by atoms with Crippen LogP contribution in [0.4, 0.5) is 5.69 Å². The van der Waals surface area contributed by atoms with Gasteiger partial charge >= 0.3 is 5.97 Å². The Labute approximate surface area is 120 Å². The van der Waals surface area contributed by atoms with Gasteiger partial charge in [0.15, 0.2) is 0 Å². The summed E-state index contributed by atoms with van der Waals surface area (Å²) in [5.74, 6) is -0.876. The number of phenolic OH excluding ortho intramolecular Hbond substituents is 1. The van der Waals surface area contributed by atoms with E-state index in [1.807, 2.05) is 0 Å². The number of esters is 1. The number of carbonyl (C=O) groups is 1. The summed E-state index contributed by atoms with van der Waals surface area (Å²) in [5.41, 5.74) is 0.769. The Hall–Kier alpha value is -2.89. The van der Waals surface area contributed by atoms with E-state index in [1.165, 1.54) is 24.3 Å². The molecular formula is C15H13NO5. The summed E-state index contributed by atoms with van der Waals surface area (Å²) >= 11 is 0. The summed E-state index contributed by atoms with van der Waals surface area (Å²) in [6.07, 6.45) is 0. The lowest BCUT2D eigenvalue weighted by Crippen LogP contribution is -2.07. The van der Waals surface area contributed by atoms with Crippen molar-refractivity contribution < 1.29 is 19.6 Å². The first-order chi connectivity index (χ1) is 10.0. The average Bonchev–Trinajstić information content (AvgIpc) is 2.47. The minimum atomic E-state index is -0.727. The maximum Gasteiger partial charge on any atom is 0.342 e. The van der Waals surface area contributed by atoms with Crippen LogP contribution in [0.25, 0.3) is 0 Å². The van der Waals surface area contributed by atoms with Crippen molar-refractivity contribution in [1.29, 1.82) is 0 Å². The molecule has 0 aromatic heterocycles. The van der Waals surface area contributed by atoms with Crippen LogP contribution in [0.5, 0.6) is 5.75 Å². The van der Waals surface area contributed by atoms with Crippen molar-refractivity contribution in [3.8, 4) is 5.75 Å². The molecule has 0 aliphatic heterocycles. The van der Waals surface area contributed by atoms with E-state index in [0.717, 1.165) is 0 Å². The molecule has 108 valence electrons. The number of hydrogen-bond donors (Lipinski definition) is 1. The van der Waals surface area contributed by atoms with E-state index < -0.39 is 10.9 Å². The van der Waals surface area contributed by atoms with Crippen molar-refractivity contribution >= 4 is 11.7 Å². The number of benzene rings is 2. The van der Waals surface area contributed by atoms with Crippen LogP contribution in [0.15, 0.2) is 42.5 Å². The van der Waals surface area contributed by atoms with Gasteiger partial charge in [0, 0.05) is 6.07 Å². The second-order valence-electron chi connectivity index (χ2n) is 4.43. The molecule has 0 bridgehead atoms. The quantitative estimate of drug-likeness (QED) is 0.530. The van der Waals surface area contributed by atoms with Gasteiger partial charge in [0.25, 0.3) is 5.69 Å². The van der Waals surface area contributed by atoms with Crippen LogP contribution in [0.1, 0.15) is 21.5 Å². The lowest BCUT2D eigenvalue weighted by atomic mass is 10.1. The Bertz CT molecular complexity index is 696. The predicted octanol–water partition coefficient (Wildman–Crippen LogP) is 2.97. The molecule has 21 heavy (non-hydrogen) atoms. The molecule has 0 unspecified atom stereocenters. The summed E-state index contributed by atoms with van der Waals surface area (Å²) in [5, 5.41) is 20.7. The minimum absolute atomic E-state index is 0.0357. The van der Waals surface area contributed by atoms with Gasteiger partial charge in [0.05, 0.1) is 10.5 Å². The van der Waals surface area contributed by atoms with Crippen LogP contribution in [0, 0.1) is 17.0 Å². The van der Waals surface area contributed by atoms with Crippen molar-refractivity contribution in [2.45, 2.75) is 13.5 Å². The lowest BCUT2D eigenvalue weighted by Gasteiger charge is -2.08. The number of rotatable bonds is 4. The first-order valence-electron chi connectivity index (χ1n) is 6.18. The van der Waals surface area contributed by atoms with Crippen molar-refractivity contribution in [2.24, 2.45) is 0 Å². The SMILES string of the molecule is Cc1cccc(C(=O)OCc2ccccc2[N+](=O)[O-])c1O. The topological polar surface area (TPSA) is 89.7 Å². The molecule has 0 aliphatic carbocycles. The number of aryl methyl sites for hydroxylation is 1. The molecule has 0 atom stereocenters. The summed E-state index contributed by atoms with van der Waals surface area (Å²) in [4.78, 5) is 22.2. The molecule has 0 aliphatic rings. The van der Waals surface area contributed by atoms with Crippen LogP contribution in [0.3, 0.4) is 0 Å². The third-order valence-corrected chi connectivity index (χ3v) is 3.00. The fraction of sp³-hybridized carbons (Fsp3) is 0.133. The molecule has 0 amide bonds. The molecule has 2 rings (SSSR count). The fourth-order valence-corrected chi connectivity index (χ4v) is 1.86. The second kappa shape index (κ2) is 6.04. The van der Waals surface area contributed by atoms with Gasteiger partial charge in [0.1, 0.15) is 17.9 Å². The maximum absolute atomic E-state index is 11.9. The van der Waals surface area contributed by atoms with Gasteiger partial charge < -0.3 is 9.84 Å². The first kappa shape index (κ1) is 14.5. The molecule has 0 heterocycles. The maximum atomic E-state index is 11.9. The van der Waals surface area contributed by atoms with Crippen molar-refractivity contribution in [3.63, 3.8) is 0 Å². The van der Waals surface area contributed by atoms with Gasteiger partial charge in [-0.1, -0.05) is 24.3 Å². The number of nitro benzene ring substituents is 1. The number of phenols is 1. The second-order valence-corrected chi connectivity index (χ2v) is 4.43. The summed E-state index contributed by atoms with van der Waals surface area (Å²) in [7, 11) is 0. The molecule has 0 fully saturated rings. The molecule has 1 N–H and O–H groups in total. The highest BCUT2D eigenvalue weighted by Crippen LogP contribution is 2.23. The summed E-state index contributed by atoms with van der Waals surface area (Å²) in [6.45, 7) is 1.43. The van der Waals surface area contributed by atoms with Crippen molar-refractivity contribution in [2.75, 3.05) is 0 Å². The van der Waals surface area contributed by atoms with E-state index in [-0.39, 0.29) is 23.6 Å².